The molecule has 17 heavy (non-hydrogen) atoms. The van der Waals surface area contributed by atoms with Gasteiger partial charge in [-0.2, -0.15) is 0 Å². The molecule has 4 N–H and O–H groups in total. The molecule has 0 amide bonds. The molecule has 0 radical (unpaired) electrons. The van der Waals surface area contributed by atoms with Gasteiger partial charge >= 0.3 is 0 Å². The van der Waals surface area contributed by atoms with Crippen molar-refractivity contribution in [1.29, 1.82) is 0 Å². The van der Waals surface area contributed by atoms with Gasteiger partial charge in [-0.15, -0.1) is 11.3 Å². The summed E-state index contributed by atoms with van der Waals surface area (Å²) in [6.07, 6.45) is 4.20. The van der Waals surface area contributed by atoms with Crippen LogP contribution in [0.3, 0.4) is 0 Å². The van der Waals surface area contributed by atoms with E-state index in [0.29, 0.717) is 5.82 Å². The second kappa shape index (κ2) is 5.95. The van der Waals surface area contributed by atoms with Crippen LogP contribution in [0.4, 0.5) is 11.6 Å². The number of rotatable bonds is 5. The van der Waals surface area contributed by atoms with Crippen molar-refractivity contribution in [3.8, 4) is 0 Å². The summed E-state index contributed by atoms with van der Waals surface area (Å²) in [5, 5.41) is 3.20. The van der Waals surface area contributed by atoms with Crippen LogP contribution >= 0.6 is 27.3 Å². The van der Waals surface area contributed by atoms with Gasteiger partial charge in [0.1, 0.15) is 5.82 Å². The molecule has 2 aromatic rings. The summed E-state index contributed by atoms with van der Waals surface area (Å²) in [5.74, 6) is 6.53. The Morgan fingerprint density at radius 3 is 2.82 bits per heavy atom. The summed E-state index contributed by atoms with van der Waals surface area (Å²) >= 11 is 5.18. The van der Waals surface area contributed by atoms with Crippen molar-refractivity contribution >= 4 is 38.9 Å². The van der Waals surface area contributed by atoms with Crippen LogP contribution in [0.15, 0.2) is 28.3 Å². The molecule has 0 saturated heterocycles. The Hall–Kier alpha value is -1.18. The molecule has 2 aromatic heterocycles. The number of aromatic nitrogens is 2. The number of thiophene rings is 1. The van der Waals surface area contributed by atoms with Crippen LogP contribution in [0.5, 0.6) is 0 Å². The van der Waals surface area contributed by atoms with E-state index < -0.39 is 0 Å². The molecule has 0 unspecified atom stereocenters. The number of nitrogens with one attached hydrogen (secondary N) is 2. The second-order valence-corrected chi connectivity index (χ2v) is 5.86. The average molecular weight is 314 g/mol. The van der Waals surface area contributed by atoms with Crippen LogP contribution < -0.4 is 16.6 Å². The predicted octanol–water partition coefficient (Wildman–Crippen LogP) is 2.24. The zero-order valence-electron chi connectivity index (χ0n) is 8.98. The molecule has 0 aliphatic carbocycles. The van der Waals surface area contributed by atoms with Gasteiger partial charge in [-0.1, -0.05) is 0 Å². The van der Waals surface area contributed by atoms with Gasteiger partial charge in [-0.25, -0.2) is 10.8 Å². The summed E-state index contributed by atoms with van der Waals surface area (Å²) < 4.78 is 1.15. The zero-order valence-corrected chi connectivity index (χ0v) is 11.4. The molecule has 0 spiro atoms. The van der Waals surface area contributed by atoms with Crippen molar-refractivity contribution in [1.82, 2.24) is 9.97 Å². The van der Waals surface area contributed by atoms with Gasteiger partial charge in [0.05, 0.1) is 16.2 Å². The van der Waals surface area contributed by atoms with Gasteiger partial charge in [-0.05, 0) is 34.5 Å². The second-order valence-electron chi connectivity index (χ2n) is 3.32. The monoisotopic (exact) mass is 313 g/mol. The highest BCUT2D eigenvalue weighted by Crippen LogP contribution is 2.22. The number of hydrazine groups is 1. The minimum Gasteiger partial charge on any atom is -0.368 e. The first kappa shape index (κ1) is 12.3. The van der Waals surface area contributed by atoms with Gasteiger partial charge in [0.15, 0.2) is 5.82 Å². The van der Waals surface area contributed by atoms with E-state index in [4.69, 9.17) is 5.84 Å². The molecule has 0 atom stereocenters. The molecule has 0 aliphatic rings. The maximum absolute atomic E-state index is 5.26. The van der Waals surface area contributed by atoms with E-state index in [1.807, 2.05) is 0 Å². The first-order valence-corrected chi connectivity index (χ1v) is 6.65. The van der Waals surface area contributed by atoms with E-state index in [9.17, 15) is 0 Å². The minimum absolute atomic E-state index is 0.550. The number of nitrogens with zero attached hydrogens (tertiary/aromatic N) is 2. The standard InChI is InChI=1S/C10H12BrN5S/c11-8-2-1-7(17-8)3-4-14-9-5-13-6-10(15-9)16-12/h1-2,5-6H,3-4,12H2,(H2,14,15,16). The van der Waals surface area contributed by atoms with E-state index in [1.54, 1.807) is 23.7 Å². The SMILES string of the molecule is NNc1cncc(NCCc2ccc(Br)s2)n1. The summed E-state index contributed by atoms with van der Waals surface area (Å²) in [4.78, 5) is 9.55. The van der Waals surface area contributed by atoms with Crippen molar-refractivity contribution in [2.45, 2.75) is 6.42 Å². The number of nitrogen functional groups attached to an aromatic ring is 1. The van der Waals surface area contributed by atoms with Crippen LogP contribution in [-0.4, -0.2) is 16.5 Å². The normalized spacial score (nSPS) is 10.2. The highest BCUT2D eigenvalue weighted by atomic mass is 79.9. The summed E-state index contributed by atoms with van der Waals surface area (Å²) in [6.45, 7) is 0.815. The number of hydrogen-bond acceptors (Lipinski definition) is 6. The van der Waals surface area contributed by atoms with Crippen molar-refractivity contribution in [3.05, 3.63) is 33.2 Å². The summed E-state index contributed by atoms with van der Waals surface area (Å²) in [5.41, 5.74) is 2.46. The highest BCUT2D eigenvalue weighted by Gasteiger charge is 1.99. The quantitative estimate of drug-likeness (QED) is 0.583. The lowest BCUT2D eigenvalue weighted by Gasteiger charge is -2.05. The summed E-state index contributed by atoms with van der Waals surface area (Å²) in [6, 6.07) is 4.17. The molecule has 7 heteroatoms. The minimum atomic E-state index is 0.550. The van der Waals surface area contributed by atoms with E-state index in [0.717, 1.165) is 22.6 Å². The lowest BCUT2D eigenvalue weighted by molar-refractivity contribution is 1.02. The fourth-order valence-corrected chi connectivity index (χ4v) is 2.80. The van der Waals surface area contributed by atoms with Crippen LogP contribution in [0.2, 0.25) is 0 Å². The average Bonchev–Trinajstić information content (AvgIpc) is 2.75. The smallest absolute Gasteiger partial charge is 0.160 e. The molecule has 5 nitrogen and oxygen atoms in total. The molecule has 2 heterocycles. The molecule has 0 saturated carbocycles. The van der Waals surface area contributed by atoms with E-state index >= 15 is 0 Å². The van der Waals surface area contributed by atoms with Crippen LogP contribution in [-0.2, 0) is 6.42 Å². The van der Waals surface area contributed by atoms with Crippen molar-refractivity contribution in [2.75, 3.05) is 17.3 Å². The molecule has 0 aromatic carbocycles. The third-order valence-electron chi connectivity index (χ3n) is 2.09. The number of anilines is 2. The van der Waals surface area contributed by atoms with Crippen molar-refractivity contribution in [3.63, 3.8) is 0 Å². The predicted molar refractivity (Wildman–Crippen MR) is 74.1 cm³/mol. The molecule has 2 rings (SSSR count). The lowest BCUT2D eigenvalue weighted by atomic mass is 10.3. The zero-order chi connectivity index (χ0) is 12.1. The molecule has 0 aliphatic heterocycles. The van der Waals surface area contributed by atoms with Gasteiger partial charge in [0, 0.05) is 11.4 Å². The van der Waals surface area contributed by atoms with Crippen molar-refractivity contribution < 1.29 is 0 Å². The van der Waals surface area contributed by atoms with Crippen LogP contribution in [0, 0.1) is 0 Å². The van der Waals surface area contributed by atoms with E-state index in [-0.39, 0.29) is 0 Å². The van der Waals surface area contributed by atoms with Gasteiger partial charge in [-0.3, -0.25) is 4.98 Å². The Kier molecular flexibility index (Phi) is 4.29. The third-order valence-corrected chi connectivity index (χ3v) is 3.77. The third kappa shape index (κ3) is 3.65. The van der Waals surface area contributed by atoms with Crippen LogP contribution in [0.25, 0.3) is 0 Å². The molecule has 0 bridgehead atoms. The molecular formula is C10H12BrN5S. The fourth-order valence-electron chi connectivity index (χ4n) is 1.32. The largest absolute Gasteiger partial charge is 0.368 e. The van der Waals surface area contributed by atoms with E-state index in [1.165, 1.54) is 4.88 Å². The number of hydrogen-bond donors (Lipinski definition) is 3. The van der Waals surface area contributed by atoms with E-state index in [2.05, 4.69) is 48.8 Å². The Bertz CT molecular complexity index is 487. The van der Waals surface area contributed by atoms with Gasteiger partial charge < -0.3 is 10.7 Å². The summed E-state index contributed by atoms with van der Waals surface area (Å²) in [7, 11) is 0. The highest BCUT2D eigenvalue weighted by molar-refractivity contribution is 9.11. The lowest BCUT2D eigenvalue weighted by Crippen LogP contribution is -2.11. The fraction of sp³-hybridized carbons (Fsp3) is 0.200. The number of halogens is 1. The van der Waals surface area contributed by atoms with Crippen molar-refractivity contribution in [2.24, 2.45) is 5.84 Å². The molecule has 0 fully saturated rings. The Labute approximate surface area is 112 Å². The first-order valence-electron chi connectivity index (χ1n) is 5.04. The maximum atomic E-state index is 5.26. The number of nitrogens with two attached hydrogens (primary N) is 1. The van der Waals surface area contributed by atoms with Gasteiger partial charge in [0.2, 0.25) is 0 Å². The maximum Gasteiger partial charge on any atom is 0.160 e. The molecule has 90 valence electrons. The first-order chi connectivity index (χ1) is 8.28. The Morgan fingerprint density at radius 1 is 1.29 bits per heavy atom. The van der Waals surface area contributed by atoms with Crippen LogP contribution in [0.1, 0.15) is 4.88 Å². The van der Waals surface area contributed by atoms with Gasteiger partial charge in [0.25, 0.3) is 0 Å². The Morgan fingerprint density at radius 2 is 2.12 bits per heavy atom. The molecular weight excluding hydrogens is 302 g/mol. The Balaban J connectivity index is 1.85. The topological polar surface area (TPSA) is 75.9 Å².